The molecule has 0 saturated heterocycles. The van der Waals surface area contributed by atoms with Crippen molar-refractivity contribution < 1.29 is 5.11 Å². The molecule has 0 saturated carbocycles. The van der Waals surface area contributed by atoms with E-state index < -0.39 is 7.92 Å². The zero-order valence-corrected chi connectivity index (χ0v) is 17.8. The van der Waals surface area contributed by atoms with Crippen molar-refractivity contribution in [3.8, 4) is 0 Å². The van der Waals surface area contributed by atoms with Crippen LogP contribution in [0, 0.1) is 0 Å². The van der Waals surface area contributed by atoms with Crippen LogP contribution in [-0.4, -0.2) is 5.11 Å². The van der Waals surface area contributed by atoms with Crippen LogP contribution >= 0.6 is 19.5 Å². The number of aliphatic hydroxyl groups excluding tert-OH is 1. The summed E-state index contributed by atoms with van der Waals surface area (Å²) in [7, 11) is -0.446. The monoisotopic (exact) mass is 418 g/mol. The zero-order valence-electron chi connectivity index (χ0n) is 16.2. The fourth-order valence-electron chi connectivity index (χ4n) is 2.91. The fraction of sp³-hybridized carbons (Fsp3) is 0.0769. The minimum absolute atomic E-state index is 0.0998. The summed E-state index contributed by atoms with van der Waals surface area (Å²) in [5, 5.41) is 12.9. The Morgan fingerprint density at radius 1 is 0.517 bits per heavy atom. The quantitative estimate of drug-likeness (QED) is 0.341. The Labute approximate surface area is 179 Å². The second-order valence-electron chi connectivity index (χ2n) is 6.45. The van der Waals surface area contributed by atoms with E-state index in [-0.39, 0.29) is 6.61 Å². The number of alkyl halides is 1. The van der Waals surface area contributed by atoms with Crippen molar-refractivity contribution >= 4 is 35.4 Å². The Balaban J connectivity index is 0.000000204. The number of rotatable bonds is 5. The van der Waals surface area contributed by atoms with E-state index in [0.29, 0.717) is 5.88 Å². The molecule has 0 amide bonds. The minimum Gasteiger partial charge on any atom is -0.392 e. The third-order valence-electron chi connectivity index (χ3n) is 4.40. The van der Waals surface area contributed by atoms with E-state index >= 15 is 0 Å². The Morgan fingerprint density at radius 3 is 1.17 bits per heavy atom. The molecule has 29 heavy (non-hydrogen) atoms. The smallest absolute Gasteiger partial charge is 0.0681 e. The maximum absolute atomic E-state index is 8.67. The van der Waals surface area contributed by atoms with Crippen LogP contribution in [0.2, 0.25) is 0 Å². The first-order chi connectivity index (χ1) is 14.3. The van der Waals surface area contributed by atoms with Gasteiger partial charge < -0.3 is 5.11 Å². The highest BCUT2D eigenvalue weighted by Gasteiger charge is 2.14. The summed E-state index contributed by atoms with van der Waals surface area (Å²) >= 11 is 5.56. The fourth-order valence-corrected chi connectivity index (χ4v) is 5.40. The summed E-state index contributed by atoms with van der Waals surface area (Å²) in [4.78, 5) is 0. The van der Waals surface area contributed by atoms with Crippen molar-refractivity contribution in [1.82, 2.24) is 0 Å². The second kappa shape index (κ2) is 11.5. The molecular formula is C26H24ClOP. The second-order valence-corrected chi connectivity index (χ2v) is 8.94. The predicted octanol–water partition coefficient (Wildman–Crippen LogP) is 5.36. The molecule has 0 aliphatic carbocycles. The molecule has 0 fully saturated rings. The minimum atomic E-state index is -0.446. The molecule has 3 heteroatoms. The molecule has 146 valence electrons. The molecule has 4 rings (SSSR count). The van der Waals surface area contributed by atoms with E-state index in [2.05, 4.69) is 91.0 Å². The molecule has 0 radical (unpaired) electrons. The maximum atomic E-state index is 8.67. The van der Waals surface area contributed by atoms with Crippen LogP contribution in [0.15, 0.2) is 115 Å². The van der Waals surface area contributed by atoms with Crippen LogP contribution < -0.4 is 15.9 Å². The van der Waals surface area contributed by atoms with Crippen LogP contribution in [0.5, 0.6) is 0 Å². The highest BCUT2D eigenvalue weighted by molar-refractivity contribution is 7.79. The van der Waals surface area contributed by atoms with E-state index in [4.69, 9.17) is 16.7 Å². The molecule has 0 unspecified atom stereocenters. The number of hydrogen-bond acceptors (Lipinski definition) is 1. The molecule has 0 spiro atoms. The molecule has 0 heterocycles. The first kappa shape index (κ1) is 21.3. The van der Waals surface area contributed by atoms with Crippen molar-refractivity contribution in [3.63, 3.8) is 0 Å². The van der Waals surface area contributed by atoms with Gasteiger partial charge in [-0.05, 0) is 35.0 Å². The molecule has 0 atom stereocenters. The van der Waals surface area contributed by atoms with Crippen LogP contribution in [0.3, 0.4) is 0 Å². The number of hydrogen-bond donors (Lipinski definition) is 1. The van der Waals surface area contributed by atoms with E-state index in [1.54, 1.807) is 0 Å². The van der Waals surface area contributed by atoms with E-state index in [0.717, 1.165) is 11.1 Å². The van der Waals surface area contributed by atoms with Gasteiger partial charge in [0.1, 0.15) is 0 Å². The van der Waals surface area contributed by atoms with Gasteiger partial charge in [0, 0.05) is 5.88 Å². The van der Waals surface area contributed by atoms with Crippen LogP contribution in [-0.2, 0) is 12.5 Å². The summed E-state index contributed by atoms with van der Waals surface area (Å²) in [6, 6.07) is 39.9. The normalized spacial score (nSPS) is 10.3. The van der Waals surface area contributed by atoms with Crippen molar-refractivity contribution in [2.24, 2.45) is 0 Å². The van der Waals surface area contributed by atoms with Crippen LogP contribution in [0.25, 0.3) is 0 Å². The van der Waals surface area contributed by atoms with Gasteiger partial charge in [0.2, 0.25) is 0 Å². The zero-order chi connectivity index (χ0) is 20.3. The average Bonchev–Trinajstić information content (AvgIpc) is 2.82. The summed E-state index contributed by atoms with van der Waals surface area (Å²) in [6.45, 7) is 0.0998. The predicted molar refractivity (Wildman–Crippen MR) is 127 cm³/mol. The molecular weight excluding hydrogens is 395 g/mol. The van der Waals surface area contributed by atoms with Crippen molar-refractivity contribution in [2.75, 3.05) is 0 Å². The number of benzene rings is 4. The van der Waals surface area contributed by atoms with Gasteiger partial charge in [-0.15, -0.1) is 11.6 Å². The van der Waals surface area contributed by atoms with Crippen molar-refractivity contribution in [3.05, 3.63) is 126 Å². The van der Waals surface area contributed by atoms with Crippen LogP contribution in [0.4, 0.5) is 0 Å². The van der Waals surface area contributed by atoms with Crippen LogP contribution in [0.1, 0.15) is 11.1 Å². The van der Waals surface area contributed by atoms with Gasteiger partial charge in [-0.25, -0.2) is 0 Å². The molecule has 0 aliphatic heterocycles. The van der Waals surface area contributed by atoms with Gasteiger partial charge in [0.25, 0.3) is 0 Å². The molecule has 1 nitrogen and oxygen atoms in total. The van der Waals surface area contributed by atoms with Gasteiger partial charge >= 0.3 is 0 Å². The van der Waals surface area contributed by atoms with E-state index in [1.807, 2.05) is 24.3 Å². The van der Waals surface area contributed by atoms with E-state index in [9.17, 15) is 0 Å². The molecule has 1 N–H and O–H groups in total. The topological polar surface area (TPSA) is 20.2 Å². The van der Waals surface area contributed by atoms with Gasteiger partial charge in [-0.2, -0.15) is 0 Å². The molecule has 4 aromatic carbocycles. The van der Waals surface area contributed by atoms with Crippen molar-refractivity contribution in [1.29, 1.82) is 0 Å². The van der Waals surface area contributed by atoms with E-state index in [1.165, 1.54) is 15.9 Å². The molecule has 0 bridgehead atoms. The standard InChI is InChI=1S/C18H15P.C8H9ClO/c1-4-10-16(11-5-1)19(17-12-6-2-7-13-17)18-14-8-3-9-15-18;9-5-7-1-3-8(6-10)4-2-7/h1-15H;1-4,10H,5-6H2. The SMILES string of the molecule is OCc1ccc(CCl)cc1.c1ccc(P(c2ccccc2)c2ccccc2)cc1. The number of aliphatic hydroxyl groups is 1. The Bertz CT molecular complexity index is 841. The maximum Gasteiger partial charge on any atom is 0.0681 e. The van der Waals surface area contributed by atoms with Gasteiger partial charge in [0.05, 0.1) is 6.61 Å². The van der Waals surface area contributed by atoms with Gasteiger partial charge in [-0.3, -0.25) is 0 Å². The highest BCUT2D eigenvalue weighted by Crippen LogP contribution is 2.32. The third kappa shape index (κ3) is 6.27. The van der Waals surface area contributed by atoms with Gasteiger partial charge in [0.15, 0.2) is 0 Å². The Morgan fingerprint density at radius 2 is 0.862 bits per heavy atom. The first-order valence-electron chi connectivity index (χ1n) is 9.51. The summed E-state index contributed by atoms with van der Waals surface area (Å²) in [5.74, 6) is 0.533. The van der Waals surface area contributed by atoms with Gasteiger partial charge in [-0.1, -0.05) is 115 Å². The summed E-state index contributed by atoms with van der Waals surface area (Å²) in [6.07, 6.45) is 0. The lowest BCUT2D eigenvalue weighted by Gasteiger charge is -2.18. The lowest BCUT2D eigenvalue weighted by atomic mass is 10.2. The highest BCUT2D eigenvalue weighted by atomic mass is 35.5. The molecule has 0 aliphatic rings. The third-order valence-corrected chi connectivity index (χ3v) is 7.16. The summed E-state index contributed by atoms with van der Waals surface area (Å²) < 4.78 is 0. The average molecular weight is 419 g/mol. The number of halogens is 1. The lowest BCUT2D eigenvalue weighted by molar-refractivity contribution is 0.282. The lowest BCUT2D eigenvalue weighted by Crippen LogP contribution is -2.20. The largest absolute Gasteiger partial charge is 0.392 e. The summed E-state index contributed by atoms with van der Waals surface area (Å²) in [5.41, 5.74) is 2.01. The molecule has 0 aromatic heterocycles. The Kier molecular flexibility index (Phi) is 8.46. The molecule has 4 aromatic rings. The van der Waals surface area contributed by atoms with Crippen molar-refractivity contribution in [2.45, 2.75) is 12.5 Å². The Hall–Kier alpha value is -2.44. The first-order valence-corrected chi connectivity index (χ1v) is 11.4.